The van der Waals surface area contributed by atoms with Crippen LogP contribution in [-0.4, -0.2) is 57.3 Å². The van der Waals surface area contributed by atoms with Crippen molar-refractivity contribution < 1.29 is 18.5 Å². The third kappa shape index (κ3) is 4.83. The minimum absolute atomic E-state index is 0.0211. The van der Waals surface area contributed by atoms with Gasteiger partial charge in [-0.2, -0.15) is 5.10 Å². The monoisotopic (exact) mass is 458 g/mol. The molecule has 32 heavy (non-hydrogen) atoms. The summed E-state index contributed by atoms with van der Waals surface area (Å²) in [6.07, 6.45) is 5.34. The molecule has 2 aromatic carbocycles. The molecule has 0 bridgehead atoms. The molecule has 9 heteroatoms. The number of amides is 1. The van der Waals surface area contributed by atoms with E-state index in [4.69, 9.17) is 4.78 Å². The van der Waals surface area contributed by atoms with E-state index in [0.29, 0.717) is 49.2 Å². The zero-order valence-electron chi connectivity index (χ0n) is 17.9. The van der Waals surface area contributed by atoms with Crippen molar-refractivity contribution in [2.45, 2.75) is 42.2 Å². The van der Waals surface area contributed by atoms with Gasteiger partial charge < -0.3 is 10.0 Å². The number of hydrogen-bond donors (Lipinski definition) is 2. The molecule has 0 radical (unpaired) electrons. The molecule has 2 atom stereocenters. The van der Waals surface area contributed by atoms with Gasteiger partial charge in [-0.15, -0.1) is 0 Å². The summed E-state index contributed by atoms with van der Waals surface area (Å²) in [6.45, 7) is 0.868. The minimum atomic E-state index is -2.77. The number of hydrazone groups is 1. The lowest BCUT2D eigenvalue weighted by atomic mass is 9.84. The van der Waals surface area contributed by atoms with Crippen molar-refractivity contribution in [1.29, 1.82) is 4.78 Å². The molecule has 2 N–H and O–H groups in total. The fraction of sp³-hybridized carbons (Fsp3) is 0.391. The largest absolute Gasteiger partial charge is 0.390 e. The predicted molar refractivity (Wildman–Crippen MR) is 122 cm³/mol. The van der Waals surface area contributed by atoms with Gasteiger partial charge in [0.1, 0.15) is 5.82 Å². The Bertz CT molecular complexity index is 1110. The fourth-order valence-electron chi connectivity index (χ4n) is 4.30. The van der Waals surface area contributed by atoms with Crippen LogP contribution in [0.25, 0.3) is 0 Å². The number of aliphatic hydroxyl groups is 1. The molecule has 1 fully saturated rings. The standard InChI is InChI=1S/C23H27FN4O3S/c1-32(25,31)21-8-6-19(7-9-21)28-20(10-13-26-28)16-23(30)11-14-27(15-12-23)22(29)17-2-4-18(24)5-3-17/h2-9,13,20,25,30H,10-12,14-16H2,1H3. The molecule has 0 spiro atoms. The third-order valence-electron chi connectivity index (χ3n) is 6.17. The second kappa shape index (κ2) is 8.63. The molecule has 1 amide bonds. The van der Waals surface area contributed by atoms with Crippen LogP contribution in [0.2, 0.25) is 0 Å². The number of nitrogens with one attached hydrogen (secondary N) is 1. The van der Waals surface area contributed by atoms with E-state index in [1.54, 1.807) is 29.2 Å². The zero-order valence-corrected chi connectivity index (χ0v) is 18.7. The first-order valence-electron chi connectivity index (χ1n) is 10.6. The van der Waals surface area contributed by atoms with Crippen molar-refractivity contribution in [1.82, 2.24) is 4.90 Å². The van der Waals surface area contributed by atoms with Gasteiger partial charge in [-0.3, -0.25) is 9.80 Å². The first-order chi connectivity index (χ1) is 15.1. The SMILES string of the molecule is CS(=N)(=O)c1ccc(N2N=CCC2CC2(O)CCN(C(=O)c3ccc(F)cc3)CC2)cc1. The number of carbonyl (C=O) groups excluding carboxylic acids is 1. The molecule has 2 heterocycles. The Labute approximate surface area is 187 Å². The van der Waals surface area contributed by atoms with Crippen LogP contribution in [0.3, 0.4) is 0 Å². The number of hydrogen-bond acceptors (Lipinski definition) is 6. The van der Waals surface area contributed by atoms with Crippen molar-refractivity contribution in [3.8, 4) is 0 Å². The number of anilines is 1. The maximum absolute atomic E-state index is 13.1. The van der Waals surface area contributed by atoms with Crippen LogP contribution in [0.1, 0.15) is 36.0 Å². The van der Waals surface area contributed by atoms with Crippen molar-refractivity contribution in [2.75, 3.05) is 24.4 Å². The quantitative estimate of drug-likeness (QED) is 0.717. The van der Waals surface area contributed by atoms with E-state index in [2.05, 4.69) is 5.10 Å². The molecule has 0 aromatic heterocycles. The normalized spacial score (nSPS) is 22.0. The summed E-state index contributed by atoms with van der Waals surface area (Å²) in [6, 6.07) is 12.5. The molecule has 170 valence electrons. The lowest BCUT2D eigenvalue weighted by Gasteiger charge is -2.40. The van der Waals surface area contributed by atoms with Gasteiger partial charge in [0.2, 0.25) is 0 Å². The molecule has 0 saturated carbocycles. The number of rotatable bonds is 5. The first kappa shape index (κ1) is 22.4. The van der Waals surface area contributed by atoms with Crippen LogP contribution in [0.5, 0.6) is 0 Å². The zero-order chi connectivity index (χ0) is 22.9. The second-order valence-corrected chi connectivity index (χ2v) is 10.8. The Kier molecular flexibility index (Phi) is 6.05. The molecule has 2 aromatic rings. The number of nitrogens with zero attached hydrogens (tertiary/aromatic N) is 3. The molecule has 2 aliphatic heterocycles. The predicted octanol–water partition coefficient (Wildman–Crippen LogP) is 3.48. The maximum atomic E-state index is 13.1. The summed E-state index contributed by atoms with van der Waals surface area (Å²) >= 11 is 0. The number of halogens is 1. The average Bonchev–Trinajstić information content (AvgIpc) is 3.21. The van der Waals surface area contributed by atoms with Gasteiger partial charge in [0.05, 0.1) is 27.1 Å². The first-order valence-corrected chi connectivity index (χ1v) is 12.5. The van der Waals surface area contributed by atoms with E-state index in [0.717, 1.165) is 5.69 Å². The van der Waals surface area contributed by atoms with Gasteiger partial charge in [-0.1, -0.05) is 0 Å². The summed E-state index contributed by atoms with van der Waals surface area (Å²) in [5.41, 5.74) is 0.359. The highest BCUT2D eigenvalue weighted by Crippen LogP contribution is 2.34. The molecule has 7 nitrogen and oxygen atoms in total. The number of carbonyl (C=O) groups is 1. The van der Waals surface area contributed by atoms with Gasteiger partial charge in [0, 0.05) is 42.4 Å². The van der Waals surface area contributed by atoms with Crippen LogP contribution in [0.4, 0.5) is 10.1 Å². The lowest BCUT2D eigenvalue weighted by Crippen LogP contribution is -2.49. The van der Waals surface area contributed by atoms with Crippen molar-refractivity contribution in [3.63, 3.8) is 0 Å². The molecule has 2 aliphatic rings. The van der Waals surface area contributed by atoms with Crippen LogP contribution in [-0.2, 0) is 9.73 Å². The van der Waals surface area contributed by atoms with Gasteiger partial charge in [0.25, 0.3) is 5.91 Å². The maximum Gasteiger partial charge on any atom is 0.253 e. The smallest absolute Gasteiger partial charge is 0.253 e. The minimum Gasteiger partial charge on any atom is -0.390 e. The summed E-state index contributed by atoms with van der Waals surface area (Å²) in [4.78, 5) is 14.8. The summed E-state index contributed by atoms with van der Waals surface area (Å²) in [5, 5.41) is 17.5. The summed E-state index contributed by atoms with van der Waals surface area (Å²) in [7, 11) is -2.77. The van der Waals surface area contributed by atoms with Crippen molar-refractivity contribution in [3.05, 3.63) is 59.9 Å². The Morgan fingerprint density at radius 2 is 1.81 bits per heavy atom. The van der Waals surface area contributed by atoms with E-state index in [1.807, 2.05) is 11.2 Å². The molecule has 2 unspecified atom stereocenters. The molecule has 0 aliphatic carbocycles. The number of benzene rings is 2. The van der Waals surface area contributed by atoms with Crippen LogP contribution < -0.4 is 5.01 Å². The molecule has 1 saturated heterocycles. The topological polar surface area (TPSA) is 97.1 Å². The van der Waals surface area contributed by atoms with E-state index >= 15 is 0 Å². The van der Waals surface area contributed by atoms with Gasteiger partial charge in [-0.05, 0) is 67.8 Å². The van der Waals surface area contributed by atoms with Crippen molar-refractivity contribution in [2.24, 2.45) is 5.10 Å². The fourth-order valence-corrected chi connectivity index (χ4v) is 4.96. The second-order valence-electron chi connectivity index (χ2n) is 8.60. The highest BCUT2D eigenvalue weighted by Gasteiger charge is 2.38. The van der Waals surface area contributed by atoms with Crippen LogP contribution in [0, 0.1) is 10.6 Å². The number of piperidine rings is 1. The van der Waals surface area contributed by atoms with E-state index in [1.165, 1.54) is 30.5 Å². The van der Waals surface area contributed by atoms with Crippen LogP contribution in [0.15, 0.2) is 58.5 Å². The average molecular weight is 459 g/mol. The Balaban J connectivity index is 1.38. The van der Waals surface area contributed by atoms with E-state index in [9.17, 15) is 18.5 Å². The summed E-state index contributed by atoms with van der Waals surface area (Å²) in [5.74, 6) is -0.532. The molecular formula is C23H27FN4O3S. The molecular weight excluding hydrogens is 431 g/mol. The van der Waals surface area contributed by atoms with Gasteiger partial charge in [0.15, 0.2) is 0 Å². The Morgan fingerprint density at radius 3 is 2.41 bits per heavy atom. The van der Waals surface area contributed by atoms with E-state index in [-0.39, 0.29) is 17.8 Å². The highest BCUT2D eigenvalue weighted by atomic mass is 32.2. The molecule has 4 rings (SSSR count). The van der Waals surface area contributed by atoms with Crippen LogP contribution >= 0.6 is 0 Å². The van der Waals surface area contributed by atoms with Gasteiger partial charge >= 0.3 is 0 Å². The third-order valence-corrected chi connectivity index (χ3v) is 7.34. The van der Waals surface area contributed by atoms with E-state index < -0.39 is 15.3 Å². The van der Waals surface area contributed by atoms with Gasteiger partial charge in [-0.25, -0.2) is 13.4 Å². The highest BCUT2D eigenvalue weighted by molar-refractivity contribution is 7.91. The summed E-state index contributed by atoms with van der Waals surface area (Å²) < 4.78 is 32.7. The van der Waals surface area contributed by atoms with Crippen molar-refractivity contribution >= 4 is 27.5 Å². The number of likely N-dealkylation sites (tertiary alicyclic amines) is 1. The Hall–Kier alpha value is -2.78. The lowest BCUT2D eigenvalue weighted by molar-refractivity contribution is -0.0268. The Morgan fingerprint density at radius 1 is 1.19 bits per heavy atom.